The van der Waals surface area contributed by atoms with E-state index in [0.717, 1.165) is 11.5 Å². The van der Waals surface area contributed by atoms with E-state index < -0.39 is 0 Å². The van der Waals surface area contributed by atoms with E-state index >= 15 is 0 Å². The van der Waals surface area contributed by atoms with Crippen molar-refractivity contribution in [2.24, 2.45) is 5.92 Å². The molecule has 100 valence electrons. The molecular weight excluding hydrogens is 226 g/mol. The van der Waals surface area contributed by atoms with Crippen LogP contribution in [0, 0.1) is 5.92 Å². The molecule has 0 radical (unpaired) electrons. The van der Waals surface area contributed by atoms with E-state index in [9.17, 15) is 10.2 Å². The Labute approximate surface area is 109 Å². The topological polar surface area (TPSA) is 52.5 Å². The summed E-state index contributed by atoms with van der Waals surface area (Å²) in [5.74, 6) is 0.811. The number of nitrogens with one attached hydrogen (secondary N) is 1. The molecule has 2 unspecified atom stereocenters. The van der Waals surface area contributed by atoms with Gasteiger partial charge in [-0.25, -0.2) is 0 Å². The third kappa shape index (κ3) is 3.16. The summed E-state index contributed by atoms with van der Waals surface area (Å²) in [6.07, 6.45) is 6.36. The predicted octanol–water partition coefficient (Wildman–Crippen LogP) is 3.16. The van der Waals surface area contributed by atoms with E-state index in [4.69, 9.17) is 0 Å². The SMILES string of the molecule is CCC1CCCC(NCc2cccc(O)c2O)C1. The van der Waals surface area contributed by atoms with Crippen molar-refractivity contribution in [2.75, 3.05) is 0 Å². The van der Waals surface area contributed by atoms with Gasteiger partial charge in [-0.1, -0.05) is 38.3 Å². The van der Waals surface area contributed by atoms with Crippen LogP contribution in [-0.2, 0) is 6.54 Å². The molecule has 0 aliphatic heterocycles. The number of para-hydroxylation sites is 1. The number of hydrogen-bond donors (Lipinski definition) is 3. The molecule has 0 spiro atoms. The summed E-state index contributed by atoms with van der Waals surface area (Å²) < 4.78 is 0. The van der Waals surface area contributed by atoms with E-state index in [2.05, 4.69) is 12.2 Å². The Morgan fingerprint density at radius 2 is 2.11 bits per heavy atom. The van der Waals surface area contributed by atoms with Crippen LogP contribution in [0.3, 0.4) is 0 Å². The average molecular weight is 249 g/mol. The van der Waals surface area contributed by atoms with Crippen molar-refractivity contribution in [2.45, 2.75) is 51.6 Å². The maximum Gasteiger partial charge on any atom is 0.161 e. The fraction of sp³-hybridized carbons (Fsp3) is 0.600. The van der Waals surface area contributed by atoms with Gasteiger partial charge in [-0.15, -0.1) is 0 Å². The van der Waals surface area contributed by atoms with E-state index in [-0.39, 0.29) is 11.5 Å². The normalized spacial score (nSPS) is 24.1. The van der Waals surface area contributed by atoms with Gasteiger partial charge in [0.15, 0.2) is 11.5 Å². The van der Waals surface area contributed by atoms with Crippen molar-refractivity contribution in [3.63, 3.8) is 0 Å². The molecule has 2 atom stereocenters. The second kappa shape index (κ2) is 6.10. The smallest absolute Gasteiger partial charge is 0.161 e. The lowest BCUT2D eigenvalue weighted by Crippen LogP contribution is -2.33. The van der Waals surface area contributed by atoms with Gasteiger partial charge < -0.3 is 15.5 Å². The maximum absolute atomic E-state index is 9.74. The van der Waals surface area contributed by atoms with Gasteiger partial charge in [-0.2, -0.15) is 0 Å². The van der Waals surface area contributed by atoms with Gasteiger partial charge in [0, 0.05) is 18.2 Å². The first-order valence-electron chi connectivity index (χ1n) is 6.94. The fourth-order valence-electron chi connectivity index (χ4n) is 2.82. The van der Waals surface area contributed by atoms with Gasteiger partial charge in [-0.3, -0.25) is 0 Å². The van der Waals surface area contributed by atoms with Crippen LogP contribution in [0.1, 0.15) is 44.6 Å². The van der Waals surface area contributed by atoms with Crippen LogP contribution in [0.25, 0.3) is 0 Å². The van der Waals surface area contributed by atoms with Crippen LogP contribution in [0.15, 0.2) is 18.2 Å². The Hall–Kier alpha value is -1.22. The minimum absolute atomic E-state index is 0.00727. The van der Waals surface area contributed by atoms with Gasteiger partial charge >= 0.3 is 0 Å². The molecule has 1 saturated carbocycles. The van der Waals surface area contributed by atoms with E-state index in [1.807, 2.05) is 6.07 Å². The summed E-state index contributed by atoms with van der Waals surface area (Å²) in [5, 5.41) is 22.7. The van der Waals surface area contributed by atoms with E-state index in [1.54, 1.807) is 6.07 Å². The lowest BCUT2D eigenvalue weighted by Gasteiger charge is -2.29. The fourth-order valence-corrected chi connectivity index (χ4v) is 2.82. The number of rotatable bonds is 4. The monoisotopic (exact) mass is 249 g/mol. The van der Waals surface area contributed by atoms with Crippen LogP contribution in [-0.4, -0.2) is 16.3 Å². The largest absolute Gasteiger partial charge is 0.504 e. The quantitative estimate of drug-likeness (QED) is 0.718. The van der Waals surface area contributed by atoms with Gasteiger partial charge in [-0.05, 0) is 24.8 Å². The molecule has 1 aromatic carbocycles. The summed E-state index contributed by atoms with van der Waals surface area (Å²) >= 11 is 0. The first-order valence-corrected chi connectivity index (χ1v) is 6.94. The van der Waals surface area contributed by atoms with Crippen LogP contribution in [0.4, 0.5) is 0 Å². The minimum atomic E-state index is -0.0376. The van der Waals surface area contributed by atoms with Crippen molar-refractivity contribution in [3.05, 3.63) is 23.8 Å². The summed E-state index contributed by atoms with van der Waals surface area (Å²) in [6.45, 7) is 2.88. The molecule has 3 nitrogen and oxygen atoms in total. The zero-order valence-corrected chi connectivity index (χ0v) is 11.0. The zero-order chi connectivity index (χ0) is 13.0. The molecule has 1 fully saturated rings. The van der Waals surface area contributed by atoms with Gasteiger partial charge in [0.1, 0.15) is 0 Å². The third-order valence-corrected chi connectivity index (χ3v) is 4.04. The number of hydrogen-bond acceptors (Lipinski definition) is 3. The molecule has 1 aliphatic carbocycles. The highest BCUT2D eigenvalue weighted by Gasteiger charge is 2.20. The number of aromatic hydroxyl groups is 2. The summed E-state index contributed by atoms with van der Waals surface area (Å²) in [6, 6.07) is 5.67. The van der Waals surface area contributed by atoms with E-state index in [0.29, 0.717) is 12.6 Å². The van der Waals surface area contributed by atoms with E-state index in [1.165, 1.54) is 38.2 Å². The van der Waals surface area contributed by atoms with Crippen LogP contribution < -0.4 is 5.32 Å². The summed E-state index contributed by atoms with van der Waals surface area (Å²) in [7, 11) is 0. The van der Waals surface area contributed by atoms with Crippen molar-refractivity contribution in [1.82, 2.24) is 5.32 Å². The second-order valence-corrected chi connectivity index (χ2v) is 5.30. The number of phenolic OH excluding ortho intramolecular Hbond substituents is 2. The van der Waals surface area contributed by atoms with Crippen LogP contribution in [0.5, 0.6) is 11.5 Å². The highest BCUT2D eigenvalue weighted by Crippen LogP contribution is 2.30. The second-order valence-electron chi connectivity index (χ2n) is 5.30. The zero-order valence-electron chi connectivity index (χ0n) is 11.0. The molecule has 2 rings (SSSR count). The van der Waals surface area contributed by atoms with Gasteiger partial charge in [0.2, 0.25) is 0 Å². The van der Waals surface area contributed by atoms with Crippen molar-refractivity contribution >= 4 is 0 Å². The highest BCUT2D eigenvalue weighted by molar-refractivity contribution is 5.44. The molecule has 18 heavy (non-hydrogen) atoms. The first kappa shape index (κ1) is 13.2. The maximum atomic E-state index is 9.74. The van der Waals surface area contributed by atoms with Crippen molar-refractivity contribution in [1.29, 1.82) is 0 Å². The number of phenols is 2. The van der Waals surface area contributed by atoms with Gasteiger partial charge in [0.05, 0.1) is 0 Å². The molecule has 0 heterocycles. The van der Waals surface area contributed by atoms with Crippen molar-refractivity contribution < 1.29 is 10.2 Å². The Morgan fingerprint density at radius 1 is 1.28 bits per heavy atom. The highest BCUT2D eigenvalue weighted by atomic mass is 16.3. The molecule has 1 aromatic rings. The predicted molar refractivity (Wildman–Crippen MR) is 72.6 cm³/mol. The summed E-state index contributed by atoms with van der Waals surface area (Å²) in [4.78, 5) is 0. The van der Waals surface area contributed by atoms with Crippen molar-refractivity contribution in [3.8, 4) is 11.5 Å². The molecule has 0 saturated heterocycles. The minimum Gasteiger partial charge on any atom is -0.504 e. The van der Waals surface area contributed by atoms with Crippen LogP contribution >= 0.6 is 0 Å². The Bertz CT molecular complexity index is 392. The lowest BCUT2D eigenvalue weighted by atomic mass is 9.84. The molecule has 3 N–H and O–H groups in total. The molecule has 3 heteroatoms. The van der Waals surface area contributed by atoms with Crippen LogP contribution in [0.2, 0.25) is 0 Å². The Morgan fingerprint density at radius 3 is 2.89 bits per heavy atom. The first-order chi connectivity index (χ1) is 8.70. The standard InChI is InChI=1S/C15H23NO2/c1-2-11-5-3-7-13(9-11)16-10-12-6-4-8-14(17)15(12)18/h4,6,8,11,13,16-18H,2-3,5,7,9-10H2,1H3. The Kier molecular flexibility index (Phi) is 4.48. The molecule has 0 bridgehead atoms. The lowest BCUT2D eigenvalue weighted by molar-refractivity contribution is 0.277. The van der Waals surface area contributed by atoms with Gasteiger partial charge in [0.25, 0.3) is 0 Å². The summed E-state index contributed by atoms with van der Waals surface area (Å²) in [5.41, 5.74) is 0.772. The third-order valence-electron chi connectivity index (χ3n) is 4.04. The molecular formula is C15H23NO2. The molecule has 0 aromatic heterocycles. The number of benzene rings is 1. The Balaban J connectivity index is 1.89. The molecule has 1 aliphatic rings. The average Bonchev–Trinajstić information content (AvgIpc) is 2.41. The molecule has 0 amide bonds.